The topological polar surface area (TPSA) is 79.9 Å². The van der Waals surface area contributed by atoms with Gasteiger partial charge in [0.05, 0.1) is 12.2 Å². The van der Waals surface area contributed by atoms with Crippen molar-refractivity contribution < 1.29 is 9.53 Å². The van der Waals surface area contributed by atoms with Gasteiger partial charge in [-0.15, -0.1) is 0 Å². The number of aryl methyl sites for hydroxylation is 1. The van der Waals surface area contributed by atoms with Gasteiger partial charge in [0.2, 0.25) is 0 Å². The average Bonchev–Trinajstić information content (AvgIpc) is 2.93. The van der Waals surface area contributed by atoms with Crippen LogP contribution in [0.5, 0.6) is 0 Å². The van der Waals surface area contributed by atoms with Crippen LogP contribution in [-0.2, 0) is 16.1 Å². The van der Waals surface area contributed by atoms with Crippen molar-refractivity contribution in [3.8, 4) is 6.07 Å². The van der Waals surface area contributed by atoms with Gasteiger partial charge in [-0.05, 0) is 31.9 Å². The maximum Gasteiger partial charge on any atom is 0.261 e. The van der Waals surface area contributed by atoms with E-state index in [1.165, 1.54) is 6.08 Å². The van der Waals surface area contributed by atoms with E-state index >= 15 is 0 Å². The van der Waals surface area contributed by atoms with Crippen LogP contribution in [0, 0.1) is 18.3 Å². The Kier molecular flexibility index (Phi) is 8.05. The molecule has 27 heavy (non-hydrogen) atoms. The maximum absolute atomic E-state index is 12.2. The molecule has 0 radical (unpaired) electrons. The molecule has 0 saturated carbocycles. The highest BCUT2D eigenvalue weighted by atomic mass is 35.5. The van der Waals surface area contributed by atoms with Gasteiger partial charge in [0.15, 0.2) is 0 Å². The monoisotopic (exact) mass is 386 g/mol. The Labute approximate surface area is 164 Å². The summed E-state index contributed by atoms with van der Waals surface area (Å²) in [7, 11) is 0. The minimum atomic E-state index is -0.430. The van der Waals surface area contributed by atoms with Gasteiger partial charge in [-0.25, -0.2) is 4.68 Å². The van der Waals surface area contributed by atoms with E-state index < -0.39 is 5.91 Å². The Morgan fingerprint density at radius 1 is 1.41 bits per heavy atom. The van der Waals surface area contributed by atoms with Gasteiger partial charge in [-0.2, -0.15) is 10.4 Å². The van der Waals surface area contributed by atoms with Gasteiger partial charge in [-0.3, -0.25) is 4.79 Å². The number of amides is 1. The van der Waals surface area contributed by atoms with Crippen molar-refractivity contribution in [2.75, 3.05) is 19.8 Å². The molecule has 0 saturated heterocycles. The summed E-state index contributed by atoms with van der Waals surface area (Å²) in [5.41, 5.74) is 2.29. The summed E-state index contributed by atoms with van der Waals surface area (Å²) in [5, 5.41) is 16.9. The van der Waals surface area contributed by atoms with Crippen molar-refractivity contribution in [3.05, 3.63) is 57.9 Å². The maximum atomic E-state index is 12.2. The summed E-state index contributed by atoms with van der Waals surface area (Å²) in [4.78, 5) is 12.2. The standard InChI is InChI=1S/C20H23ClN4O2/c1-3-27-11-7-10-23-20(26)17(13-22)12-18-15(2)24-25(19(18)21)14-16-8-5-4-6-9-16/h4-6,8-9,12H,3,7,10-11,14H2,1-2H3,(H,23,26)/b17-12+. The fourth-order valence-corrected chi connectivity index (χ4v) is 2.79. The lowest BCUT2D eigenvalue weighted by atomic mass is 10.1. The Morgan fingerprint density at radius 2 is 2.15 bits per heavy atom. The average molecular weight is 387 g/mol. The molecule has 7 heteroatoms. The van der Waals surface area contributed by atoms with Crippen molar-refractivity contribution >= 4 is 23.6 Å². The number of ether oxygens (including phenoxy) is 1. The third kappa shape index (κ3) is 5.95. The van der Waals surface area contributed by atoms with Gasteiger partial charge < -0.3 is 10.1 Å². The summed E-state index contributed by atoms with van der Waals surface area (Å²) in [6, 6.07) is 11.7. The van der Waals surface area contributed by atoms with E-state index in [0.717, 1.165) is 5.56 Å². The second kappa shape index (κ2) is 10.5. The van der Waals surface area contributed by atoms with Crippen LogP contribution in [0.2, 0.25) is 5.15 Å². The van der Waals surface area contributed by atoms with Crippen molar-refractivity contribution in [3.63, 3.8) is 0 Å². The van der Waals surface area contributed by atoms with E-state index in [0.29, 0.717) is 49.1 Å². The van der Waals surface area contributed by atoms with E-state index in [4.69, 9.17) is 16.3 Å². The van der Waals surface area contributed by atoms with Crippen LogP contribution in [0.1, 0.15) is 30.2 Å². The van der Waals surface area contributed by atoms with Crippen LogP contribution < -0.4 is 5.32 Å². The quantitative estimate of drug-likeness (QED) is 0.407. The number of carbonyl (C=O) groups is 1. The van der Waals surface area contributed by atoms with Crippen LogP contribution in [0.3, 0.4) is 0 Å². The molecular weight excluding hydrogens is 364 g/mol. The molecule has 1 heterocycles. The molecule has 0 atom stereocenters. The number of rotatable bonds is 9. The molecule has 1 aromatic carbocycles. The fourth-order valence-electron chi connectivity index (χ4n) is 2.50. The largest absolute Gasteiger partial charge is 0.382 e. The first-order valence-corrected chi connectivity index (χ1v) is 9.19. The third-order valence-electron chi connectivity index (χ3n) is 3.89. The molecule has 1 N–H and O–H groups in total. The van der Waals surface area contributed by atoms with E-state index in [9.17, 15) is 10.1 Å². The summed E-state index contributed by atoms with van der Waals surface area (Å²) in [6.07, 6.45) is 2.18. The number of carbonyl (C=O) groups excluding carboxylic acids is 1. The van der Waals surface area contributed by atoms with Crippen molar-refractivity contribution in [2.45, 2.75) is 26.8 Å². The minimum absolute atomic E-state index is 0.00401. The van der Waals surface area contributed by atoms with Crippen LogP contribution in [0.4, 0.5) is 0 Å². The second-order valence-corrected chi connectivity index (χ2v) is 6.27. The molecule has 0 aliphatic heterocycles. The Morgan fingerprint density at radius 3 is 2.81 bits per heavy atom. The van der Waals surface area contributed by atoms with Crippen molar-refractivity contribution in [1.82, 2.24) is 15.1 Å². The minimum Gasteiger partial charge on any atom is -0.382 e. The highest BCUT2D eigenvalue weighted by Gasteiger charge is 2.15. The molecular formula is C20H23ClN4O2. The van der Waals surface area contributed by atoms with Crippen LogP contribution in [0.25, 0.3) is 6.08 Å². The smallest absolute Gasteiger partial charge is 0.261 e. The first-order chi connectivity index (χ1) is 13.1. The summed E-state index contributed by atoms with van der Waals surface area (Å²) in [5.74, 6) is -0.430. The summed E-state index contributed by atoms with van der Waals surface area (Å²) in [6.45, 7) is 5.88. The number of nitrogens with zero attached hydrogens (tertiary/aromatic N) is 3. The highest BCUT2D eigenvalue weighted by molar-refractivity contribution is 6.31. The van der Waals surface area contributed by atoms with Gasteiger partial charge in [0, 0.05) is 25.3 Å². The van der Waals surface area contributed by atoms with Crippen molar-refractivity contribution in [1.29, 1.82) is 5.26 Å². The zero-order valence-electron chi connectivity index (χ0n) is 15.5. The number of nitriles is 1. The molecule has 1 aromatic heterocycles. The Hall–Kier alpha value is -2.62. The lowest BCUT2D eigenvalue weighted by Gasteiger charge is -2.05. The van der Waals surface area contributed by atoms with Gasteiger partial charge >= 0.3 is 0 Å². The lowest BCUT2D eigenvalue weighted by Crippen LogP contribution is -2.26. The molecule has 0 aliphatic rings. The number of hydrogen-bond donors (Lipinski definition) is 1. The normalized spacial score (nSPS) is 11.3. The Balaban J connectivity index is 2.11. The first kappa shape index (κ1) is 20.7. The molecule has 1 amide bonds. The van der Waals surface area contributed by atoms with E-state index in [2.05, 4.69) is 10.4 Å². The predicted octanol–water partition coefficient (Wildman–Crippen LogP) is 3.34. The number of hydrogen-bond acceptors (Lipinski definition) is 4. The SMILES string of the molecule is CCOCCCNC(=O)/C(C#N)=C/c1c(C)nn(Cc2ccccc2)c1Cl. The first-order valence-electron chi connectivity index (χ1n) is 8.81. The molecule has 0 unspecified atom stereocenters. The molecule has 142 valence electrons. The predicted molar refractivity (Wildman–Crippen MR) is 105 cm³/mol. The van der Waals surface area contributed by atoms with Gasteiger partial charge in [0.25, 0.3) is 5.91 Å². The van der Waals surface area contributed by atoms with Crippen LogP contribution in [0.15, 0.2) is 35.9 Å². The van der Waals surface area contributed by atoms with Crippen molar-refractivity contribution in [2.24, 2.45) is 0 Å². The van der Waals surface area contributed by atoms with Gasteiger partial charge in [0.1, 0.15) is 16.8 Å². The zero-order chi connectivity index (χ0) is 19.6. The number of halogens is 1. The molecule has 0 fully saturated rings. The Bertz CT molecular complexity index is 838. The number of aromatic nitrogens is 2. The molecule has 6 nitrogen and oxygen atoms in total. The molecule has 2 aromatic rings. The third-order valence-corrected chi connectivity index (χ3v) is 4.29. The van der Waals surface area contributed by atoms with E-state index in [1.807, 2.05) is 43.3 Å². The number of nitrogens with one attached hydrogen (secondary N) is 1. The van der Waals surface area contributed by atoms with E-state index in [1.54, 1.807) is 11.6 Å². The highest BCUT2D eigenvalue weighted by Crippen LogP contribution is 2.23. The molecule has 2 rings (SSSR count). The molecule has 0 bridgehead atoms. The fraction of sp³-hybridized carbons (Fsp3) is 0.350. The second-order valence-electron chi connectivity index (χ2n) is 5.91. The molecule has 0 spiro atoms. The lowest BCUT2D eigenvalue weighted by molar-refractivity contribution is -0.117. The van der Waals surface area contributed by atoms with E-state index in [-0.39, 0.29) is 5.57 Å². The van der Waals surface area contributed by atoms with Gasteiger partial charge in [-0.1, -0.05) is 41.9 Å². The summed E-state index contributed by atoms with van der Waals surface area (Å²) >= 11 is 6.45. The zero-order valence-corrected chi connectivity index (χ0v) is 16.3. The summed E-state index contributed by atoms with van der Waals surface area (Å²) < 4.78 is 6.88. The van der Waals surface area contributed by atoms with Crippen LogP contribution in [-0.4, -0.2) is 35.4 Å². The molecule has 0 aliphatic carbocycles. The van der Waals surface area contributed by atoms with Crippen LogP contribution >= 0.6 is 11.6 Å². The number of benzene rings is 1.